The standard InChI is InChI=1S/C19H24ClNO/c1-16(2)15-21-19(22)13-9-4-3-8-12-18(20)14-17-10-6-5-7-11-17/h5-14,16H,3-4,15H2,1-2H3,(H,21,22). The molecule has 0 aromatic heterocycles. The van der Waals surface area contributed by atoms with E-state index in [4.69, 9.17) is 11.6 Å². The molecule has 0 fully saturated rings. The van der Waals surface area contributed by atoms with Crippen molar-refractivity contribution in [2.75, 3.05) is 6.54 Å². The summed E-state index contributed by atoms with van der Waals surface area (Å²) < 4.78 is 0. The van der Waals surface area contributed by atoms with Crippen LogP contribution in [0.2, 0.25) is 0 Å². The third-order valence-corrected chi connectivity index (χ3v) is 3.07. The Morgan fingerprint density at radius 1 is 1.14 bits per heavy atom. The Labute approximate surface area is 138 Å². The first-order valence-corrected chi connectivity index (χ1v) is 7.99. The number of rotatable bonds is 8. The molecule has 1 aromatic rings. The molecule has 0 saturated heterocycles. The topological polar surface area (TPSA) is 29.1 Å². The lowest BCUT2D eigenvalue weighted by Gasteiger charge is -2.03. The Hall–Kier alpha value is -1.80. The molecule has 3 heteroatoms. The molecule has 2 nitrogen and oxygen atoms in total. The lowest BCUT2D eigenvalue weighted by molar-refractivity contribution is -0.116. The summed E-state index contributed by atoms with van der Waals surface area (Å²) in [5.41, 5.74) is 1.08. The molecule has 0 saturated carbocycles. The second kappa shape index (κ2) is 10.9. The van der Waals surface area contributed by atoms with Crippen LogP contribution in [0.5, 0.6) is 0 Å². The van der Waals surface area contributed by atoms with E-state index in [0.717, 1.165) is 18.4 Å². The van der Waals surface area contributed by atoms with E-state index in [-0.39, 0.29) is 5.91 Å². The number of hydrogen-bond donors (Lipinski definition) is 1. The molecule has 1 rings (SSSR count). The molecule has 0 aliphatic carbocycles. The van der Waals surface area contributed by atoms with Gasteiger partial charge in [-0.2, -0.15) is 0 Å². The summed E-state index contributed by atoms with van der Waals surface area (Å²) in [4.78, 5) is 11.4. The predicted octanol–water partition coefficient (Wildman–Crippen LogP) is 4.93. The molecule has 0 spiro atoms. The maximum absolute atomic E-state index is 11.4. The van der Waals surface area contributed by atoms with Gasteiger partial charge in [-0.25, -0.2) is 0 Å². The van der Waals surface area contributed by atoms with Gasteiger partial charge in [-0.15, -0.1) is 0 Å². The van der Waals surface area contributed by atoms with Gasteiger partial charge in [0.15, 0.2) is 0 Å². The monoisotopic (exact) mass is 317 g/mol. The van der Waals surface area contributed by atoms with Crippen molar-refractivity contribution in [1.82, 2.24) is 5.32 Å². The molecule has 1 amide bonds. The van der Waals surface area contributed by atoms with E-state index in [1.165, 1.54) is 0 Å². The zero-order chi connectivity index (χ0) is 16.2. The SMILES string of the molecule is CC(C)CNC(=O)C=CCCC=CC(Cl)=Cc1ccccc1. The maximum Gasteiger partial charge on any atom is 0.243 e. The van der Waals surface area contributed by atoms with Crippen LogP contribution in [0.1, 0.15) is 32.3 Å². The van der Waals surface area contributed by atoms with Gasteiger partial charge in [-0.3, -0.25) is 4.79 Å². The summed E-state index contributed by atoms with van der Waals surface area (Å²) >= 11 is 6.14. The number of nitrogens with one attached hydrogen (secondary N) is 1. The largest absolute Gasteiger partial charge is 0.352 e. The predicted molar refractivity (Wildman–Crippen MR) is 95.6 cm³/mol. The van der Waals surface area contributed by atoms with Crippen LogP contribution >= 0.6 is 11.6 Å². The van der Waals surface area contributed by atoms with Crippen LogP contribution in [0.15, 0.2) is 59.7 Å². The van der Waals surface area contributed by atoms with E-state index in [2.05, 4.69) is 19.2 Å². The van der Waals surface area contributed by atoms with E-state index >= 15 is 0 Å². The number of amides is 1. The second-order valence-corrected chi connectivity index (χ2v) is 5.90. The Morgan fingerprint density at radius 2 is 1.77 bits per heavy atom. The number of benzene rings is 1. The number of halogens is 1. The van der Waals surface area contributed by atoms with Crippen molar-refractivity contribution in [3.63, 3.8) is 0 Å². The molecular formula is C19H24ClNO. The highest BCUT2D eigenvalue weighted by atomic mass is 35.5. The highest BCUT2D eigenvalue weighted by Crippen LogP contribution is 2.11. The molecule has 0 aliphatic heterocycles. The third kappa shape index (κ3) is 9.19. The number of hydrogen-bond acceptors (Lipinski definition) is 1. The van der Waals surface area contributed by atoms with Gasteiger partial charge in [0.05, 0.1) is 0 Å². The molecule has 0 atom stereocenters. The van der Waals surface area contributed by atoms with Gasteiger partial charge in [-0.1, -0.05) is 67.9 Å². The summed E-state index contributed by atoms with van der Waals surface area (Å²) in [5.74, 6) is 0.443. The Kier molecular flexibility index (Phi) is 9.01. The lowest BCUT2D eigenvalue weighted by atomic mass is 10.2. The molecule has 0 bridgehead atoms. The molecule has 1 N–H and O–H groups in total. The van der Waals surface area contributed by atoms with Crippen LogP contribution in [0.3, 0.4) is 0 Å². The van der Waals surface area contributed by atoms with Gasteiger partial charge < -0.3 is 5.32 Å². The molecule has 0 unspecified atom stereocenters. The summed E-state index contributed by atoms with van der Waals surface area (Å²) in [6.07, 6.45) is 11.0. The minimum atomic E-state index is -0.0281. The first-order chi connectivity index (χ1) is 10.6. The number of unbranched alkanes of at least 4 members (excludes halogenated alkanes) is 1. The van der Waals surface area contributed by atoms with Crippen LogP contribution in [0, 0.1) is 5.92 Å². The second-order valence-electron chi connectivity index (χ2n) is 5.46. The van der Waals surface area contributed by atoms with Crippen molar-refractivity contribution in [1.29, 1.82) is 0 Å². The maximum atomic E-state index is 11.4. The van der Waals surface area contributed by atoms with Crippen molar-refractivity contribution in [3.05, 3.63) is 65.2 Å². The fourth-order valence-corrected chi connectivity index (χ4v) is 1.91. The van der Waals surface area contributed by atoms with Gasteiger partial charge in [0.25, 0.3) is 0 Å². The van der Waals surface area contributed by atoms with Crippen LogP contribution in [0.25, 0.3) is 6.08 Å². The molecule has 118 valence electrons. The van der Waals surface area contributed by atoms with Crippen molar-refractivity contribution in [2.45, 2.75) is 26.7 Å². The molecule has 0 aliphatic rings. The van der Waals surface area contributed by atoms with Crippen molar-refractivity contribution >= 4 is 23.6 Å². The first kappa shape index (κ1) is 18.2. The van der Waals surface area contributed by atoms with Crippen LogP contribution in [-0.4, -0.2) is 12.5 Å². The minimum Gasteiger partial charge on any atom is -0.352 e. The fourth-order valence-electron chi connectivity index (χ4n) is 1.70. The van der Waals surface area contributed by atoms with E-state index in [9.17, 15) is 4.79 Å². The molecular weight excluding hydrogens is 294 g/mol. The first-order valence-electron chi connectivity index (χ1n) is 7.61. The average Bonchev–Trinajstić information content (AvgIpc) is 2.49. The summed E-state index contributed by atoms with van der Waals surface area (Å²) in [6, 6.07) is 9.96. The quantitative estimate of drug-likeness (QED) is 0.411. The van der Waals surface area contributed by atoms with Gasteiger partial charge in [0.2, 0.25) is 5.91 Å². The third-order valence-electron chi connectivity index (χ3n) is 2.83. The lowest BCUT2D eigenvalue weighted by Crippen LogP contribution is -2.25. The van der Waals surface area contributed by atoms with Crippen LogP contribution in [0.4, 0.5) is 0 Å². The van der Waals surface area contributed by atoms with Crippen LogP contribution in [-0.2, 0) is 4.79 Å². The summed E-state index contributed by atoms with van der Waals surface area (Å²) in [5, 5.41) is 3.54. The van der Waals surface area contributed by atoms with Gasteiger partial charge in [0, 0.05) is 11.6 Å². The van der Waals surface area contributed by atoms with E-state index in [0.29, 0.717) is 17.5 Å². The zero-order valence-corrected chi connectivity index (χ0v) is 14.0. The zero-order valence-electron chi connectivity index (χ0n) is 13.3. The van der Waals surface area contributed by atoms with Gasteiger partial charge in [-0.05, 0) is 42.6 Å². The van der Waals surface area contributed by atoms with Gasteiger partial charge in [0.1, 0.15) is 0 Å². The number of carbonyl (C=O) groups is 1. The fraction of sp³-hybridized carbons (Fsp3) is 0.316. The van der Waals surface area contributed by atoms with E-state index < -0.39 is 0 Å². The normalized spacial score (nSPS) is 12.5. The number of allylic oxidation sites excluding steroid dienone is 4. The highest BCUT2D eigenvalue weighted by Gasteiger charge is 1.96. The van der Waals surface area contributed by atoms with Crippen molar-refractivity contribution in [2.24, 2.45) is 5.92 Å². The smallest absolute Gasteiger partial charge is 0.243 e. The minimum absolute atomic E-state index is 0.0281. The van der Waals surface area contributed by atoms with E-state index in [1.54, 1.807) is 6.08 Å². The van der Waals surface area contributed by atoms with Crippen molar-refractivity contribution < 1.29 is 4.79 Å². The molecule has 22 heavy (non-hydrogen) atoms. The Bertz CT molecular complexity index is 530. The summed E-state index contributed by atoms with van der Waals surface area (Å²) in [6.45, 7) is 4.85. The van der Waals surface area contributed by atoms with E-state index in [1.807, 2.05) is 54.6 Å². The molecule has 0 heterocycles. The van der Waals surface area contributed by atoms with Crippen molar-refractivity contribution in [3.8, 4) is 0 Å². The molecule has 1 aromatic carbocycles. The Balaban J connectivity index is 2.26. The average molecular weight is 318 g/mol. The highest BCUT2D eigenvalue weighted by molar-refractivity contribution is 6.33. The Morgan fingerprint density at radius 3 is 2.41 bits per heavy atom. The van der Waals surface area contributed by atoms with Gasteiger partial charge >= 0.3 is 0 Å². The summed E-state index contributed by atoms with van der Waals surface area (Å²) in [7, 11) is 0. The number of carbonyl (C=O) groups excluding carboxylic acids is 1. The molecule has 0 radical (unpaired) electrons. The van der Waals surface area contributed by atoms with Crippen LogP contribution < -0.4 is 5.32 Å².